The van der Waals surface area contributed by atoms with Crippen LogP contribution in [0.15, 0.2) is 36.5 Å². The number of hydrogen-bond donors (Lipinski definition) is 3. The lowest BCUT2D eigenvalue weighted by Crippen LogP contribution is -2.11. The number of carbonyl (C=O) groups excluding carboxylic acids is 1. The van der Waals surface area contributed by atoms with Crippen molar-refractivity contribution in [1.82, 2.24) is 15.0 Å². The Labute approximate surface area is 112 Å². The third kappa shape index (κ3) is 2.25. The van der Waals surface area contributed by atoms with E-state index in [2.05, 4.69) is 20.3 Å². The van der Waals surface area contributed by atoms with Crippen molar-refractivity contribution in [2.75, 3.05) is 5.32 Å². The Kier molecular flexibility index (Phi) is 2.94. The van der Waals surface area contributed by atoms with Gasteiger partial charge in [0.1, 0.15) is 5.69 Å². The van der Waals surface area contributed by atoms with E-state index in [1.54, 1.807) is 36.5 Å². The van der Waals surface area contributed by atoms with Crippen molar-refractivity contribution in [2.45, 2.75) is 6.43 Å². The molecule has 0 radical (unpaired) electrons. The summed E-state index contributed by atoms with van der Waals surface area (Å²) in [5.41, 5.74) is 1.80. The molecular formula is C13H10F2N4O. The molecule has 102 valence electrons. The Morgan fingerprint density at radius 1 is 1.30 bits per heavy atom. The minimum absolute atomic E-state index is 0.303. The molecule has 0 saturated carbocycles. The average Bonchev–Trinajstić information content (AvgIpc) is 3.07. The molecule has 1 aromatic carbocycles. The molecule has 3 N–H and O–H groups in total. The van der Waals surface area contributed by atoms with Crippen LogP contribution in [0.1, 0.15) is 22.7 Å². The van der Waals surface area contributed by atoms with E-state index in [1.807, 2.05) is 0 Å². The van der Waals surface area contributed by atoms with Gasteiger partial charge in [-0.3, -0.25) is 4.79 Å². The molecule has 0 fully saturated rings. The largest absolute Gasteiger partial charge is 0.357 e. The number of nitrogens with zero attached hydrogens (tertiary/aromatic N) is 1. The topological polar surface area (TPSA) is 73.6 Å². The Morgan fingerprint density at radius 2 is 2.15 bits per heavy atom. The van der Waals surface area contributed by atoms with Gasteiger partial charge < -0.3 is 15.3 Å². The van der Waals surface area contributed by atoms with Gasteiger partial charge in [0.2, 0.25) is 0 Å². The lowest BCUT2D eigenvalue weighted by Gasteiger charge is -2.03. The van der Waals surface area contributed by atoms with Gasteiger partial charge in [0.15, 0.2) is 5.82 Å². The number of carbonyl (C=O) groups is 1. The third-order valence-corrected chi connectivity index (χ3v) is 2.81. The zero-order valence-electron chi connectivity index (χ0n) is 10.2. The lowest BCUT2D eigenvalue weighted by atomic mass is 10.2. The summed E-state index contributed by atoms with van der Waals surface area (Å²) in [5.74, 6) is -0.684. The van der Waals surface area contributed by atoms with Crippen LogP contribution in [-0.4, -0.2) is 20.9 Å². The minimum Gasteiger partial charge on any atom is -0.357 e. The van der Waals surface area contributed by atoms with Crippen molar-refractivity contribution in [3.05, 3.63) is 48.0 Å². The van der Waals surface area contributed by atoms with Crippen LogP contribution in [0.4, 0.5) is 14.5 Å². The summed E-state index contributed by atoms with van der Waals surface area (Å²) in [4.78, 5) is 20.9. The maximum atomic E-state index is 12.5. The highest BCUT2D eigenvalue weighted by Gasteiger charge is 2.13. The van der Waals surface area contributed by atoms with E-state index < -0.39 is 6.43 Å². The molecule has 0 aliphatic rings. The fourth-order valence-corrected chi connectivity index (χ4v) is 1.88. The number of rotatable bonds is 3. The minimum atomic E-state index is -2.65. The Bertz CT molecular complexity index is 749. The summed E-state index contributed by atoms with van der Waals surface area (Å²) in [5, 5.41) is 2.67. The molecule has 0 aliphatic carbocycles. The van der Waals surface area contributed by atoms with Crippen LogP contribution in [0.3, 0.4) is 0 Å². The molecule has 0 bridgehead atoms. The quantitative estimate of drug-likeness (QED) is 0.687. The van der Waals surface area contributed by atoms with Gasteiger partial charge in [0.25, 0.3) is 12.3 Å². The molecule has 5 nitrogen and oxygen atoms in total. The zero-order valence-corrected chi connectivity index (χ0v) is 10.2. The van der Waals surface area contributed by atoms with E-state index in [0.29, 0.717) is 22.4 Å². The number of benzene rings is 1. The highest BCUT2D eigenvalue weighted by molar-refractivity contribution is 6.03. The molecule has 2 aromatic heterocycles. The maximum absolute atomic E-state index is 12.5. The first-order valence-corrected chi connectivity index (χ1v) is 5.86. The van der Waals surface area contributed by atoms with Crippen molar-refractivity contribution >= 4 is 22.6 Å². The van der Waals surface area contributed by atoms with Crippen LogP contribution in [0.5, 0.6) is 0 Å². The number of halogens is 2. The van der Waals surface area contributed by atoms with E-state index in [0.717, 1.165) is 0 Å². The smallest absolute Gasteiger partial charge is 0.295 e. The molecule has 7 heteroatoms. The van der Waals surface area contributed by atoms with Crippen LogP contribution in [0.25, 0.3) is 11.0 Å². The summed E-state index contributed by atoms with van der Waals surface area (Å²) >= 11 is 0. The summed E-state index contributed by atoms with van der Waals surface area (Å²) in [6.07, 6.45) is -1.01. The number of alkyl halides is 2. The van der Waals surface area contributed by atoms with Gasteiger partial charge in [-0.2, -0.15) is 0 Å². The summed E-state index contributed by atoms with van der Waals surface area (Å²) < 4.78 is 25.1. The summed E-state index contributed by atoms with van der Waals surface area (Å²) in [7, 11) is 0. The molecule has 3 rings (SSSR count). The number of anilines is 1. The molecule has 0 spiro atoms. The van der Waals surface area contributed by atoms with E-state index in [-0.39, 0.29) is 11.7 Å². The van der Waals surface area contributed by atoms with Gasteiger partial charge >= 0.3 is 0 Å². The van der Waals surface area contributed by atoms with Gasteiger partial charge in [-0.25, -0.2) is 13.8 Å². The number of aromatic nitrogens is 3. The number of hydrogen-bond acceptors (Lipinski definition) is 2. The molecule has 20 heavy (non-hydrogen) atoms. The monoisotopic (exact) mass is 276 g/mol. The summed E-state index contributed by atoms with van der Waals surface area (Å²) in [6.45, 7) is 0. The van der Waals surface area contributed by atoms with E-state index >= 15 is 0 Å². The van der Waals surface area contributed by atoms with Crippen molar-refractivity contribution in [1.29, 1.82) is 0 Å². The molecule has 0 unspecified atom stereocenters. The Hall–Kier alpha value is -2.70. The first-order valence-electron chi connectivity index (χ1n) is 5.86. The summed E-state index contributed by atoms with van der Waals surface area (Å²) in [6, 6.07) is 8.09. The highest BCUT2D eigenvalue weighted by atomic mass is 19.3. The number of nitrogens with one attached hydrogen (secondary N) is 3. The SMILES string of the molecule is O=C(Nc1ccc2nc(C(F)F)[nH]c2c1)c1ccc[nH]1. The van der Waals surface area contributed by atoms with E-state index in [9.17, 15) is 13.6 Å². The molecule has 1 amide bonds. The zero-order chi connectivity index (χ0) is 14.1. The Balaban J connectivity index is 1.87. The number of amides is 1. The van der Waals surface area contributed by atoms with Crippen LogP contribution in [-0.2, 0) is 0 Å². The highest BCUT2D eigenvalue weighted by Crippen LogP contribution is 2.22. The normalized spacial score (nSPS) is 11.2. The molecule has 2 heterocycles. The molecule has 0 atom stereocenters. The van der Waals surface area contributed by atoms with Gasteiger partial charge in [-0.1, -0.05) is 0 Å². The molecule has 0 saturated heterocycles. The van der Waals surface area contributed by atoms with E-state index in [1.165, 1.54) is 0 Å². The maximum Gasteiger partial charge on any atom is 0.295 e. The number of H-pyrrole nitrogens is 2. The van der Waals surface area contributed by atoms with Crippen LogP contribution in [0, 0.1) is 0 Å². The second-order valence-electron chi connectivity index (χ2n) is 4.19. The van der Waals surface area contributed by atoms with Crippen molar-refractivity contribution < 1.29 is 13.6 Å². The predicted molar refractivity (Wildman–Crippen MR) is 69.8 cm³/mol. The third-order valence-electron chi connectivity index (χ3n) is 2.81. The predicted octanol–water partition coefficient (Wildman–Crippen LogP) is 3.08. The number of imidazole rings is 1. The van der Waals surface area contributed by atoms with Crippen LogP contribution < -0.4 is 5.32 Å². The second kappa shape index (κ2) is 4.76. The first kappa shape index (κ1) is 12.3. The molecule has 3 aromatic rings. The standard InChI is InChI=1S/C13H10F2N4O/c14-11(15)12-18-8-4-3-7(6-10(8)19-12)17-13(20)9-2-1-5-16-9/h1-6,11,16H,(H,17,20)(H,18,19). The second-order valence-corrected chi connectivity index (χ2v) is 4.19. The molecular weight excluding hydrogens is 266 g/mol. The first-order chi connectivity index (χ1) is 9.63. The molecule has 0 aliphatic heterocycles. The number of fused-ring (bicyclic) bond motifs is 1. The van der Waals surface area contributed by atoms with Gasteiger partial charge in [0, 0.05) is 11.9 Å². The van der Waals surface area contributed by atoms with Crippen LogP contribution in [0.2, 0.25) is 0 Å². The van der Waals surface area contributed by atoms with E-state index in [4.69, 9.17) is 0 Å². The van der Waals surface area contributed by atoms with Crippen LogP contribution >= 0.6 is 0 Å². The van der Waals surface area contributed by atoms with Crippen molar-refractivity contribution in [3.8, 4) is 0 Å². The van der Waals surface area contributed by atoms with Crippen molar-refractivity contribution in [2.24, 2.45) is 0 Å². The Morgan fingerprint density at radius 3 is 2.85 bits per heavy atom. The van der Waals surface area contributed by atoms with Gasteiger partial charge in [-0.15, -0.1) is 0 Å². The fraction of sp³-hybridized carbons (Fsp3) is 0.0769. The van der Waals surface area contributed by atoms with Gasteiger partial charge in [0.05, 0.1) is 11.0 Å². The number of aromatic amines is 2. The average molecular weight is 276 g/mol. The lowest BCUT2D eigenvalue weighted by molar-refractivity contribution is 0.102. The van der Waals surface area contributed by atoms with Gasteiger partial charge in [-0.05, 0) is 30.3 Å². The fourth-order valence-electron chi connectivity index (χ4n) is 1.88. The van der Waals surface area contributed by atoms with Crippen molar-refractivity contribution in [3.63, 3.8) is 0 Å².